The summed E-state index contributed by atoms with van der Waals surface area (Å²) in [5.74, 6) is -0.525. The Balaban J connectivity index is 1.99. The number of nitro benzene ring substituents is 1. The Bertz CT molecular complexity index is 668. The molecule has 1 aliphatic heterocycles. The van der Waals surface area contributed by atoms with Crippen LogP contribution in [0.15, 0.2) is 24.3 Å². The number of carbonyl (C=O) groups is 2. The van der Waals surface area contributed by atoms with Gasteiger partial charge in [0.25, 0.3) is 11.6 Å². The molecule has 0 saturated carbocycles. The summed E-state index contributed by atoms with van der Waals surface area (Å²) in [6.45, 7) is 6.19. The lowest BCUT2D eigenvalue weighted by atomic mass is 10.1. The normalized spacial score (nSPS) is 17.2. The molecule has 8 heteroatoms. The van der Waals surface area contributed by atoms with Gasteiger partial charge < -0.3 is 15.0 Å². The minimum atomic E-state index is -0.586. The van der Waals surface area contributed by atoms with Gasteiger partial charge >= 0.3 is 6.09 Å². The molecule has 1 N–H and O–H groups in total. The number of nitrogens with zero attached hydrogens (tertiary/aromatic N) is 2. The van der Waals surface area contributed by atoms with Crippen LogP contribution in [0.25, 0.3) is 0 Å². The summed E-state index contributed by atoms with van der Waals surface area (Å²) in [5.41, 5.74) is -0.817. The van der Waals surface area contributed by atoms with Crippen LogP contribution in [-0.4, -0.2) is 46.6 Å². The van der Waals surface area contributed by atoms with Crippen LogP contribution in [0.3, 0.4) is 0 Å². The molecule has 1 aromatic rings. The third-order valence-electron chi connectivity index (χ3n) is 3.85. The summed E-state index contributed by atoms with van der Waals surface area (Å²) in [5, 5.41) is 13.7. The third kappa shape index (κ3) is 4.91. The van der Waals surface area contributed by atoms with Crippen molar-refractivity contribution in [3.05, 3.63) is 39.9 Å². The van der Waals surface area contributed by atoms with Crippen molar-refractivity contribution in [1.82, 2.24) is 10.2 Å². The van der Waals surface area contributed by atoms with Gasteiger partial charge in [0.1, 0.15) is 11.2 Å². The van der Waals surface area contributed by atoms with E-state index >= 15 is 0 Å². The van der Waals surface area contributed by atoms with Crippen molar-refractivity contribution in [2.75, 3.05) is 13.1 Å². The molecule has 2 rings (SSSR count). The average Bonchev–Trinajstić information content (AvgIpc) is 2.99. The van der Waals surface area contributed by atoms with Gasteiger partial charge in [-0.3, -0.25) is 14.9 Å². The predicted octanol–water partition coefficient (Wildman–Crippen LogP) is 2.72. The fourth-order valence-electron chi connectivity index (χ4n) is 2.74. The molecule has 0 aromatic heterocycles. The zero-order valence-corrected chi connectivity index (χ0v) is 14.7. The highest BCUT2D eigenvalue weighted by molar-refractivity contribution is 5.98. The molecule has 1 aliphatic rings. The van der Waals surface area contributed by atoms with Gasteiger partial charge in [-0.1, -0.05) is 12.1 Å². The zero-order valence-electron chi connectivity index (χ0n) is 14.7. The highest BCUT2D eigenvalue weighted by atomic mass is 16.6. The van der Waals surface area contributed by atoms with E-state index in [1.807, 2.05) is 0 Å². The van der Waals surface area contributed by atoms with Crippen molar-refractivity contribution >= 4 is 17.7 Å². The number of nitro groups is 1. The van der Waals surface area contributed by atoms with E-state index in [-0.39, 0.29) is 23.8 Å². The average molecular weight is 349 g/mol. The monoisotopic (exact) mass is 349 g/mol. The number of hydrogen-bond donors (Lipinski definition) is 1. The first kappa shape index (κ1) is 18.7. The molecule has 0 aliphatic carbocycles. The van der Waals surface area contributed by atoms with Gasteiger partial charge in [0.15, 0.2) is 0 Å². The molecule has 0 bridgehead atoms. The van der Waals surface area contributed by atoms with Gasteiger partial charge in [-0.15, -0.1) is 0 Å². The Morgan fingerprint density at radius 1 is 1.36 bits per heavy atom. The van der Waals surface area contributed by atoms with Crippen molar-refractivity contribution in [3.63, 3.8) is 0 Å². The largest absolute Gasteiger partial charge is 0.444 e. The molecule has 2 amide bonds. The van der Waals surface area contributed by atoms with Crippen LogP contribution < -0.4 is 5.32 Å². The van der Waals surface area contributed by atoms with Crippen molar-refractivity contribution in [1.29, 1.82) is 0 Å². The topological polar surface area (TPSA) is 102 Å². The second-order valence-electron chi connectivity index (χ2n) is 6.95. The fraction of sp³-hybridized carbons (Fsp3) is 0.529. The van der Waals surface area contributed by atoms with Crippen molar-refractivity contribution < 1.29 is 19.2 Å². The van der Waals surface area contributed by atoms with E-state index in [1.165, 1.54) is 18.2 Å². The summed E-state index contributed by atoms with van der Waals surface area (Å²) in [4.78, 5) is 36.5. The molecule has 25 heavy (non-hydrogen) atoms. The molecule has 0 radical (unpaired) electrons. The van der Waals surface area contributed by atoms with E-state index in [2.05, 4.69) is 5.32 Å². The van der Waals surface area contributed by atoms with Crippen molar-refractivity contribution in [2.45, 2.75) is 45.3 Å². The molecule has 1 fully saturated rings. The lowest BCUT2D eigenvalue weighted by molar-refractivity contribution is -0.385. The van der Waals surface area contributed by atoms with Crippen molar-refractivity contribution in [3.8, 4) is 0 Å². The molecule has 1 atom stereocenters. The molecule has 1 saturated heterocycles. The zero-order chi connectivity index (χ0) is 18.6. The standard InChI is InChI=1S/C17H23N3O5/c1-17(2,3)25-16(22)19-10-6-7-12(19)11-18-15(21)13-8-4-5-9-14(13)20(23)24/h4-5,8-9,12H,6-7,10-11H2,1-3H3,(H,18,21)/t12-/m0/s1. The summed E-state index contributed by atoms with van der Waals surface area (Å²) < 4.78 is 5.38. The number of nitrogens with one attached hydrogen (secondary N) is 1. The van der Waals surface area contributed by atoms with Crippen LogP contribution >= 0.6 is 0 Å². The maximum absolute atomic E-state index is 12.3. The third-order valence-corrected chi connectivity index (χ3v) is 3.85. The molecule has 1 heterocycles. The van der Waals surface area contributed by atoms with E-state index in [0.29, 0.717) is 6.54 Å². The molecule has 136 valence electrons. The van der Waals surface area contributed by atoms with Gasteiger partial charge in [0.05, 0.1) is 11.0 Å². The number of likely N-dealkylation sites (tertiary alicyclic amines) is 1. The molecule has 0 unspecified atom stereocenters. The van der Waals surface area contributed by atoms with Crippen LogP contribution in [0, 0.1) is 10.1 Å². The number of carbonyl (C=O) groups excluding carboxylic acids is 2. The number of para-hydroxylation sites is 1. The predicted molar refractivity (Wildman–Crippen MR) is 91.4 cm³/mol. The lowest BCUT2D eigenvalue weighted by Gasteiger charge is -2.28. The summed E-state index contributed by atoms with van der Waals surface area (Å²) in [6.07, 6.45) is 1.16. The highest BCUT2D eigenvalue weighted by Crippen LogP contribution is 2.21. The van der Waals surface area contributed by atoms with E-state index in [1.54, 1.807) is 31.7 Å². The smallest absolute Gasteiger partial charge is 0.410 e. The first-order valence-electron chi connectivity index (χ1n) is 8.20. The van der Waals surface area contributed by atoms with Gasteiger partial charge in [-0.05, 0) is 39.7 Å². The minimum absolute atomic E-state index is 0.00862. The molecule has 1 aromatic carbocycles. The number of rotatable bonds is 4. The number of benzene rings is 1. The summed E-state index contributed by atoms with van der Waals surface area (Å²) in [7, 11) is 0. The van der Waals surface area contributed by atoms with Crippen LogP contribution in [0.1, 0.15) is 44.0 Å². The summed E-state index contributed by atoms with van der Waals surface area (Å²) in [6, 6.07) is 5.60. The number of ether oxygens (including phenoxy) is 1. The maximum Gasteiger partial charge on any atom is 0.410 e. The molecule has 8 nitrogen and oxygen atoms in total. The second kappa shape index (κ2) is 7.50. The van der Waals surface area contributed by atoms with Crippen LogP contribution in [0.2, 0.25) is 0 Å². The molecular formula is C17H23N3O5. The van der Waals surface area contributed by atoms with Gasteiger partial charge in [0.2, 0.25) is 0 Å². The van der Waals surface area contributed by atoms with Gasteiger partial charge in [-0.25, -0.2) is 4.79 Å². The van der Waals surface area contributed by atoms with Crippen LogP contribution in [-0.2, 0) is 4.74 Å². The van der Waals surface area contributed by atoms with E-state index in [0.717, 1.165) is 12.8 Å². The first-order valence-corrected chi connectivity index (χ1v) is 8.20. The van der Waals surface area contributed by atoms with Gasteiger partial charge in [-0.2, -0.15) is 0 Å². The van der Waals surface area contributed by atoms with Crippen LogP contribution in [0.4, 0.5) is 10.5 Å². The van der Waals surface area contributed by atoms with Gasteiger partial charge in [0, 0.05) is 19.2 Å². The van der Waals surface area contributed by atoms with Crippen LogP contribution in [0.5, 0.6) is 0 Å². The lowest BCUT2D eigenvalue weighted by Crippen LogP contribution is -2.45. The quantitative estimate of drug-likeness (QED) is 0.665. The highest BCUT2D eigenvalue weighted by Gasteiger charge is 2.32. The SMILES string of the molecule is CC(C)(C)OC(=O)N1CCC[C@H]1CNC(=O)c1ccccc1[N+](=O)[O-]. The summed E-state index contributed by atoms with van der Waals surface area (Å²) >= 11 is 0. The maximum atomic E-state index is 12.3. The Morgan fingerprint density at radius 2 is 2.04 bits per heavy atom. The minimum Gasteiger partial charge on any atom is -0.444 e. The molecule has 0 spiro atoms. The van der Waals surface area contributed by atoms with E-state index < -0.39 is 22.5 Å². The molecular weight excluding hydrogens is 326 g/mol. The Labute approximate surface area is 146 Å². The number of hydrogen-bond acceptors (Lipinski definition) is 5. The Kier molecular flexibility index (Phi) is 5.61. The Hall–Kier alpha value is -2.64. The fourth-order valence-corrected chi connectivity index (χ4v) is 2.74. The first-order chi connectivity index (χ1) is 11.7. The van der Waals surface area contributed by atoms with E-state index in [9.17, 15) is 19.7 Å². The Morgan fingerprint density at radius 3 is 2.68 bits per heavy atom. The number of amides is 2. The second-order valence-corrected chi connectivity index (χ2v) is 6.95. The van der Waals surface area contributed by atoms with Crippen molar-refractivity contribution in [2.24, 2.45) is 0 Å². The van der Waals surface area contributed by atoms with E-state index in [4.69, 9.17) is 4.74 Å².